The number of fused-ring (bicyclic) bond motifs is 2. The number of hydrogen-bond acceptors (Lipinski definition) is 5. The van der Waals surface area contributed by atoms with E-state index < -0.39 is 11.7 Å². The number of hydrogen-bond donors (Lipinski definition) is 0. The second-order valence-corrected chi connectivity index (χ2v) is 7.37. The fraction of sp³-hybridized carbons (Fsp3) is 0.318. The van der Waals surface area contributed by atoms with Gasteiger partial charge in [0.05, 0.1) is 0 Å². The molecule has 0 saturated heterocycles. The van der Waals surface area contributed by atoms with Gasteiger partial charge in [0.1, 0.15) is 11.6 Å². The van der Waals surface area contributed by atoms with Gasteiger partial charge < -0.3 is 9.32 Å². The minimum absolute atomic E-state index is 0.425. The van der Waals surface area contributed by atoms with Gasteiger partial charge >= 0.3 is 5.63 Å². The van der Waals surface area contributed by atoms with Gasteiger partial charge in [-0.2, -0.15) is 0 Å². The number of rotatable bonds is 3. The van der Waals surface area contributed by atoms with Crippen molar-refractivity contribution in [2.24, 2.45) is 5.18 Å². The van der Waals surface area contributed by atoms with Crippen molar-refractivity contribution >= 4 is 16.7 Å². The molecule has 5 heteroatoms. The van der Waals surface area contributed by atoms with Gasteiger partial charge in [0.25, 0.3) is 0 Å². The number of aryl methyl sites for hydroxylation is 2. The van der Waals surface area contributed by atoms with Crippen LogP contribution in [0, 0.1) is 4.91 Å². The summed E-state index contributed by atoms with van der Waals surface area (Å²) in [6.07, 6.45) is 4.08. The molecule has 3 aromatic rings. The molecule has 2 aliphatic rings. The highest BCUT2D eigenvalue weighted by molar-refractivity contribution is 5.91. The third kappa shape index (κ3) is 2.57. The van der Waals surface area contributed by atoms with Crippen molar-refractivity contribution in [1.29, 1.82) is 0 Å². The Balaban J connectivity index is 1.81. The Morgan fingerprint density at radius 2 is 1.81 bits per heavy atom. The second kappa shape index (κ2) is 6.34. The van der Waals surface area contributed by atoms with E-state index in [2.05, 4.69) is 16.1 Å². The molecule has 5 rings (SSSR count). The van der Waals surface area contributed by atoms with E-state index >= 15 is 0 Å². The third-order valence-corrected chi connectivity index (χ3v) is 5.77. The number of anilines is 1. The van der Waals surface area contributed by atoms with E-state index in [1.165, 1.54) is 17.3 Å². The molecule has 1 atom stereocenters. The third-order valence-electron chi connectivity index (χ3n) is 5.77. The lowest BCUT2D eigenvalue weighted by molar-refractivity contribution is 0.546. The predicted molar refractivity (Wildman–Crippen MR) is 105 cm³/mol. The molecule has 0 spiro atoms. The van der Waals surface area contributed by atoms with E-state index in [-0.39, 0.29) is 0 Å². The standard InChI is InChI=1S/C22H20N2O3/c25-19-13-17(20(23-26)14-6-2-1-3-7-14)18-12-15-8-4-10-24-11-5-9-16(21(15)24)22(18)27-19/h1-3,6-7,12-13,20H,4-5,8-11H2. The zero-order valence-electron chi connectivity index (χ0n) is 15.0. The highest BCUT2D eigenvalue weighted by atomic mass is 16.4. The van der Waals surface area contributed by atoms with Crippen LogP contribution in [0.25, 0.3) is 11.0 Å². The van der Waals surface area contributed by atoms with Crippen molar-refractivity contribution in [3.05, 3.63) is 80.0 Å². The molecule has 2 aliphatic heterocycles. The lowest BCUT2D eigenvalue weighted by Crippen LogP contribution is -2.34. The molecule has 2 aromatic carbocycles. The van der Waals surface area contributed by atoms with Gasteiger partial charge in [0.15, 0.2) is 0 Å². The fourth-order valence-electron chi connectivity index (χ4n) is 4.66. The summed E-state index contributed by atoms with van der Waals surface area (Å²) in [7, 11) is 0. The summed E-state index contributed by atoms with van der Waals surface area (Å²) in [5.41, 5.74) is 5.28. The zero-order chi connectivity index (χ0) is 18.4. The number of benzene rings is 2. The molecule has 0 radical (unpaired) electrons. The highest BCUT2D eigenvalue weighted by Gasteiger charge is 2.29. The molecule has 0 bridgehead atoms. The van der Waals surface area contributed by atoms with Gasteiger partial charge in [-0.25, -0.2) is 4.79 Å². The average Bonchev–Trinajstić information content (AvgIpc) is 2.70. The molecule has 3 heterocycles. The normalized spacial score (nSPS) is 16.8. The van der Waals surface area contributed by atoms with E-state index in [0.717, 1.165) is 55.3 Å². The molecule has 5 nitrogen and oxygen atoms in total. The quantitative estimate of drug-likeness (QED) is 0.515. The minimum Gasteiger partial charge on any atom is -0.422 e. The summed E-state index contributed by atoms with van der Waals surface area (Å²) < 4.78 is 5.68. The molecule has 0 amide bonds. The maximum atomic E-state index is 12.4. The highest BCUT2D eigenvalue weighted by Crippen LogP contribution is 2.42. The van der Waals surface area contributed by atoms with Gasteiger partial charge in [-0.05, 0) is 42.9 Å². The Bertz CT molecular complexity index is 1090. The zero-order valence-corrected chi connectivity index (χ0v) is 15.0. The molecule has 1 aromatic heterocycles. The summed E-state index contributed by atoms with van der Waals surface area (Å²) in [5.74, 6) is 0. The van der Waals surface area contributed by atoms with Crippen LogP contribution in [0.2, 0.25) is 0 Å². The molecule has 0 aliphatic carbocycles. The Morgan fingerprint density at radius 1 is 1.04 bits per heavy atom. The van der Waals surface area contributed by atoms with Crippen LogP contribution in [-0.4, -0.2) is 13.1 Å². The van der Waals surface area contributed by atoms with Gasteiger partial charge in [-0.15, -0.1) is 4.91 Å². The van der Waals surface area contributed by atoms with E-state index in [9.17, 15) is 9.70 Å². The molecule has 0 fully saturated rings. The van der Waals surface area contributed by atoms with Gasteiger partial charge in [0, 0.05) is 41.4 Å². The van der Waals surface area contributed by atoms with Crippen molar-refractivity contribution in [3.63, 3.8) is 0 Å². The SMILES string of the molecule is O=NC(c1ccccc1)c1cc(=O)oc2c3c4c(cc12)CCCN4CCC3. The monoisotopic (exact) mass is 360 g/mol. The Labute approximate surface area is 156 Å². The Morgan fingerprint density at radius 3 is 2.59 bits per heavy atom. The van der Waals surface area contributed by atoms with Crippen LogP contribution in [0.4, 0.5) is 5.69 Å². The summed E-state index contributed by atoms with van der Waals surface area (Å²) in [5, 5.41) is 4.22. The molecule has 136 valence electrons. The topological polar surface area (TPSA) is 62.9 Å². The second-order valence-electron chi connectivity index (χ2n) is 7.37. The Kier molecular flexibility index (Phi) is 3.81. The number of nitrogens with zero attached hydrogens (tertiary/aromatic N) is 2. The van der Waals surface area contributed by atoms with Crippen LogP contribution in [0.5, 0.6) is 0 Å². The lowest BCUT2D eigenvalue weighted by atomic mass is 9.87. The van der Waals surface area contributed by atoms with Crippen LogP contribution in [0.1, 0.15) is 41.1 Å². The Hall–Kier alpha value is -2.95. The summed E-state index contributed by atoms with van der Waals surface area (Å²) in [6.45, 7) is 2.11. The summed E-state index contributed by atoms with van der Waals surface area (Å²) in [6, 6.07) is 12.2. The van der Waals surface area contributed by atoms with E-state index in [4.69, 9.17) is 4.42 Å². The first-order valence-electron chi connectivity index (χ1n) is 9.51. The van der Waals surface area contributed by atoms with Crippen LogP contribution < -0.4 is 10.5 Å². The van der Waals surface area contributed by atoms with E-state index in [1.54, 1.807) is 0 Å². The smallest absolute Gasteiger partial charge is 0.336 e. The predicted octanol–water partition coefficient (Wildman–Crippen LogP) is 4.35. The van der Waals surface area contributed by atoms with Gasteiger partial charge in [-0.1, -0.05) is 35.5 Å². The average molecular weight is 360 g/mol. The maximum absolute atomic E-state index is 12.4. The molecule has 27 heavy (non-hydrogen) atoms. The van der Waals surface area contributed by atoms with Crippen molar-refractivity contribution in [2.45, 2.75) is 31.7 Å². The van der Waals surface area contributed by atoms with Crippen molar-refractivity contribution in [1.82, 2.24) is 0 Å². The van der Waals surface area contributed by atoms with Crippen molar-refractivity contribution < 1.29 is 4.42 Å². The van der Waals surface area contributed by atoms with Gasteiger partial charge in [-0.3, -0.25) is 0 Å². The summed E-state index contributed by atoms with van der Waals surface area (Å²) in [4.78, 5) is 26.6. The van der Waals surface area contributed by atoms with Crippen molar-refractivity contribution in [3.8, 4) is 0 Å². The van der Waals surface area contributed by atoms with E-state index in [1.807, 2.05) is 30.3 Å². The van der Waals surface area contributed by atoms with Gasteiger partial charge in [0.2, 0.25) is 0 Å². The van der Waals surface area contributed by atoms with E-state index in [0.29, 0.717) is 11.1 Å². The minimum atomic E-state index is -0.716. The van der Waals surface area contributed by atoms with Crippen LogP contribution >= 0.6 is 0 Å². The molecule has 0 N–H and O–H groups in total. The molecule has 1 unspecified atom stereocenters. The molecular formula is C22H20N2O3. The maximum Gasteiger partial charge on any atom is 0.336 e. The van der Waals surface area contributed by atoms with Crippen LogP contribution in [0.3, 0.4) is 0 Å². The lowest BCUT2D eigenvalue weighted by Gasteiger charge is -2.37. The number of nitroso groups, excluding NO2 is 1. The van der Waals surface area contributed by atoms with Crippen LogP contribution in [0.15, 0.2) is 56.9 Å². The largest absolute Gasteiger partial charge is 0.422 e. The van der Waals surface area contributed by atoms with Crippen molar-refractivity contribution in [2.75, 3.05) is 18.0 Å². The summed E-state index contributed by atoms with van der Waals surface area (Å²) >= 11 is 0. The molecular weight excluding hydrogens is 340 g/mol. The first-order valence-corrected chi connectivity index (χ1v) is 9.51. The first kappa shape index (κ1) is 16.2. The first-order chi connectivity index (χ1) is 13.3. The van der Waals surface area contributed by atoms with Crippen LogP contribution in [-0.2, 0) is 12.8 Å². The molecule has 0 saturated carbocycles. The fourth-order valence-corrected chi connectivity index (χ4v) is 4.66.